The number of carbonyl (C=O) groups excluding carboxylic acids is 1. The molecule has 0 fully saturated rings. The van der Waals surface area contributed by atoms with Crippen LogP contribution in [-0.2, 0) is 11.2 Å². The minimum atomic E-state index is 0.112. The second-order valence-electron chi connectivity index (χ2n) is 4.59. The molecule has 0 radical (unpaired) electrons. The van der Waals surface area contributed by atoms with E-state index in [1.165, 1.54) is 0 Å². The van der Waals surface area contributed by atoms with Crippen molar-refractivity contribution in [1.82, 2.24) is 0 Å². The van der Waals surface area contributed by atoms with Crippen LogP contribution in [0.15, 0.2) is 54.6 Å². The Balaban J connectivity index is 1.69. The highest BCUT2D eigenvalue weighted by Gasteiger charge is 2.05. The van der Waals surface area contributed by atoms with E-state index in [9.17, 15) is 4.79 Å². The Bertz CT molecular complexity index is 552. The lowest BCUT2D eigenvalue weighted by Gasteiger charge is -2.06. The molecule has 0 aliphatic heterocycles. The normalized spacial score (nSPS) is 10.2. The number of halogens is 1. The molecular formula is C17H17ClO2. The maximum Gasteiger partial charge on any atom is 0.170 e. The second kappa shape index (κ2) is 7.71. The van der Waals surface area contributed by atoms with Gasteiger partial charge in [-0.25, -0.2) is 0 Å². The summed E-state index contributed by atoms with van der Waals surface area (Å²) < 4.78 is 5.42. The first-order valence-corrected chi connectivity index (χ1v) is 7.06. The van der Waals surface area contributed by atoms with E-state index >= 15 is 0 Å². The van der Waals surface area contributed by atoms with Gasteiger partial charge in [0.25, 0.3) is 0 Å². The molecule has 0 N–H and O–H groups in total. The van der Waals surface area contributed by atoms with Gasteiger partial charge in [-0.2, -0.15) is 0 Å². The number of aryl methyl sites for hydroxylation is 1. The minimum absolute atomic E-state index is 0.112. The van der Waals surface area contributed by atoms with Crippen LogP contribution < -0.4 is 4.74 Å². The van der Waals surface area contributed by atoms with E-state index in [4.69, 9.17) is 16.3 Å². The van der Waals surface area contributed by atoms with Gasteiger partial charge in [-0.3, -0.25) is 4.79 Å². The molecule has 0 aromatic heterocycles. The molecule has 104 valence electrons. The number of carbonyl (C=O) groups is 1. The Labute approximate surface area is 124 Å². The molecule has 2 rings (SSSR count). The zero-order chi connectivity index (χ0) is 14.2. The Hall–Kier alpha value is -1.80. The molecule has 0 aliphatic rings. The predicted molar refractivity (Wildman–Crippen MR) is 81.3 cm³/mol. The monoisotopic (exact) mass is 288 g/mol. The van der Waals surface area contributed by atoms with E-state index < -0.39 is 0 Å². The van der Waals surface area contributed by atoms with Crippen molar-refractivity contribution in [3.63, 3.8) is 0 Å². The zero-order valence-electron chi connectivity index (χ0n) is 11.2. The highest BCUT2D eigenvalue weighted by atomic mass is 35.5. The third-order valence-corrected chi connectivity index (χ3v) is 3.37. The SMILES string of the molecule is O=C(CCCc1ccccc1Cl)COc1ccccc1. The predicted octanol–water partition coefficient (Wildman–Crippen LogP) is 4.31. The molecule has 0 unspecified atom stereocenters. The Morgan fingerprint density at radius 2 is 1.70 bits per heavy atom. The number of para-hydroxylation sites is 1. The number of hydrogen-bond donors (Lipinski definition) is 0. The smallest absolute Gasteiger partial charge is 0.170 e. The summed E-state index contributed by atoms with van der Waals surface area (Å²) in [5, 5.41) is 0.764. The van der Waals surface area contributed by atoms with Crippen LogP contribution in [0.4, 0.5) is 0 Å². The van der Waals surface area contributed by atoms with Gasteiger partial charge in [-0.1, -0.05) is 48.0 Å². The number of ether oxygens (including phenoxy) is 1. The second-order valence-corrected chi connectivity index (χ2v) is 4.99. The van der Waals surface area contributed by atoms with Crippen molar-refractivity contribution in [2.75, 3.05) is 6.61 Å². The molecule has 3 heteroatoms. The van der Waals surface area contributed by atoms with Crippen LogP contribution in [0.25, 0.3) is 0 Å². The van der Waals surface area contributed by atoms with Crippen molar-refractivity contribution in [2.45, 2.75) is 19.3 Å². The lowest BCUT2D eigenvalue weighted by Crippen LogP contribution is -2.11. The Kier molecular flexibility index (Phi) is 5.63. The first-order valence-electron chi connectivity index (χ1n) is 6.68. The van der Waals surface area contributed by atoms with Crippen LogP contribution in [0.1, 0.15) is 18.4 Å². The first kappa shape index (κ1) is 14.6. The number of benzene rings is 2. The molecule has 0 spiro atoms. The largest absolute Gasteiger partial charge is 0.486 e. The number of hydrogen-bond acceptors (Lipinski definition) is 2. The molecule has 0 saturated heterocycles. The molecular weight excluding hydrogens is 272 g/mol. The summed E-state index contributed by atoms with van der Waals surface area (Å²) in [4.78, 5) is 11.7. The van der Waals surface area contributed by atoms with Gasteiger partial charge < -0.3 is 4.74 Å². The summed E-state index contributed by atoms with van der Waals surface area (Å²) >= 11 is 6.07. The van der Waals surface area contributed by atoms with Gasteiger partial charge in [0.2, 0.25) is 0 Å². The Morgan fingerprint density at radius 3 is 2.45 bits per heavy atom. The lowest BCUT2D eigenvalue weighted by atomic mass is 10.1. The fourth-order valence-electron chi connectivity index (χ4n) is 1.93. The number of Topliss-reactive ketones (excluding diaryl/α,β-unsaturated/α-hetero) is 1. The molecule has 20 heavy (non-hydrogen) atoms. The zero-order valence-corrected chi connectivity index (χ0v) is 12.0. The van der Waals surface area contributed by atoms with Crippen LogP contribution in [0.3, 0.4) is 0 Å². The molecule has 0 amide bonds. The molecule has 2 aromatic carbocycles. The fraction of sp³-hybridized carbons (Fsp3) is 0.235. The van der Waals surface area contributed by atoms with Crippen LogP contribution in [0.5, 0.6) is 5.75 Å². The average molecular weight is 289 g/mol. The standard InChI is InChI=1S/C17H17ClO2/c18-17-12-5-4-7-14(17)8-6-9-15(19)13-20-16-10-2-1-3-11-16/h1-5,7,10-12H,6,8-9,13H2. The van der Waals surface area contributed by atoms with Gasteiger partial charge in [0, 0.05) is 11.4 Å². The van der Waals surface area contributed by atoms with Crippen LogP contribution >= 0.6 is 11.6 Å². The molecule has 0 heterocycles. The van der Waals surface area contributed by atoms with E-state index in [2.05, 4.69) is 0 Å². The molecule has 2 aromatic rings. The van der Waals surface area contributed by atoms with Crippen molar-refractivity contribution in [1.29, 1.82) is 0 Å². The summed E-state index contributed by atoms with van der Waals surface area (Å²) in [6, 6.07) is 17.1. The molecule has 0 bridgehead atoms. The summed E-state index contributed by atoms with van der Waals surface area (Å²) in [5.74, 6) is 0.841. The topological polar surface area (TPSA) is 26.3 Å². The van der Waals surface area contributed by atoms with Crippen LogP contribution in [-0.4, -0.2) is 12.4 Å². The maximum absolute atomic E-state index is 11.7. The van der Waals surface area contributed by atoms with Crippen LogP contribution in [0, 0.1) is 0 Å². The highest BCUT2D eigenvalue weighted by Crippen LogP contribution is 2.17. The van der Waals surface area contributed by atoms with E-state index in [0.717, 1.165) is 29.2 Å². The van der Waals surface area contributed by atoms with Gasteiger partial charge in [-0.15, -0.1) is 0 Å². The highest BCUT2D eigenvalue weighted by molar-refractivity contribution is 6.31. The van der Waals surface area contributed by atoms with Crippen molar-refractivity contribution in [3.8, 4) is 5.75 Å². The minimum Gasteiger partial charge on any atom is -0.486 e. The van der Waals surface area contributed by atoms with E-state index in [1.54, 1.807) is 0 Å². The van der Waals surface area contributed by atoms with E-state index in [0.29, 0.717) is 6.42 Å². The summed E-state index contributed by atoms with van der Waals surface area (Å²) in [6.07, 6.45) is 2.12. The average Bonchev–Trinajstić information content (AvgIpc) is 2.48. The quantitative estimate of drug-likeness (QED) is 0.759. The molecule has 0 atom stereocenters. The van der Waals surface area contributed by atoms with Crippen molar-refractivity contribution < 1.29 is 9.53 Å². The first-order chi connectivity index (χ1) is 9.75. The van der Waals surface area contributed by atoms with Gasteiger partial charge in [0.05, 0.1) is 0 Å². The number of rotatable bonds is 7. The van der Waals surface area contributed by atoms with Crippen molar-refractivity contribution in [3.05, 3.63) is 65.2 Å². The van der Waals surface area contributed by atoms with Crippen molar-refractivity contribution in [2.24, 2.45) is 0 Å². The van der Waals surface area contributed by atoms with E-state index in [1.807, 2.05) is 54.6 Å². The summed E-state index contributed by atoms with van der Waals surface area (Å²) in [5.41, 5.74) is 1.09. The lowest BCUT2D eigenvalue weighted by molar-refractivity contribution is -0.121. The van der Waals surface area contributed by atoms with Gasteiger partial charge >= 0.3 is 0 Å². The molecule has 0 aliphatic carbocycles. The Morgan fingerprint density at radius 1 is 1.00 bits per heavy atom. The molecule has 0 saturated carbocycles. The van der Waals surface area contributed by atoms with Crippen molar-refractivity contribution >= 4 is 17.4 Å². The van der Waals surface area contributed by atoms with Gasteiger partial charge in [0.15, 0.2) is 5.78 Å². The van der Waals surface area contributed by atoms with Gasteiger partial charge in [0.1, 0.15) is 12.4 Å². The van der Waals surface area contributed by atoms with E-state index in [-0.39, 0.29) is 12.4 Å². The summed E-state index contributed by atoms with van der Waals surface area (Å²) in [6.45, 7) is 0.131. The summed E-state index contributed by atoms with van der Waals surface area (Å²) in [7, 11) is 0. The number of ketones is 1. The fourth-order valence-corrected chi connectivity index (χ4v) is 2.16. The van der Waals surface area contributed by atoms with Gasteiger partial charge in [-0.05, 0) is 36.6 Å². The maximum atomic E-state index is 11.7. The third kappa shape index (κ3) is 4.71. The van der Waals surface area contributed by atoms with Crippen LogP contribution in [0.2, 0.25) is 5.02 Å². The third-order valence-electron chi connectivity index (χ3n) is 3.00. The molecule has 2 nitrogen and oxygen atoms in total.